The van der Waals surface area contributed by atoms with Crippen LogP contribution in [0.3, 0.4) is 0 Å². The predicted octanol–water partition coefficient (Wildman–Crippen LogP) is 3.08. The molecule has 0 bridgehead atoms. The highest BCUT2D eigenvalue weighted by Crippen LogP contribution is 2.19. The number of rotatable bonds is 5. The molecule has 0 aliphatic rings. The highest BCUT2D eigenvalue weighted by Gasteiger charge is 2.09. The molecule has 1 aromatic heterocycles. The first-order valence-electron chi connectivity index (χ1n) is 6.03. The van der Waals surface area contributed by atoms with Crippen LogP contribution in [-0.2, 0) is 6.54 Å². The zero-order chi connectivity index (χ0) is 13.0. The van der Waals surface area contributed by atoms with Crippen molar-refractivity contribution in [2.24, 2.45) is 0 Å². The van der Waals surface area contributed by atoms with E-state index in [1.807, 2.05) is 19.2 Å². The Kier molecular flexibility index (Phi) is 5.22. The molecule has 17 heavy (non-hydrogen) atoms. The van der Waals surface area contributed by atoms with E-state index < -0.39 is 0 Å². The van der Waals surface area contributed by atoms with Crippen LogP contribution in [0.5, 0.6) is 0 Å². The molecule has 0 aromatic carbocycles. The number of halogens is 1. The summed E-state index contributed by atoms with van der Waals surface area (Å²) in [4.78, 5) is 6.73. The molecule has 0 aliphatic heterocycles. The molecular weight excluding hydrogens is 234 g/mol. The average Bonchev–Trinajstić information content (AvgIpc) is 2.26. The molecule has 1 rings (SSSR count). The van der Waals surface area contributed by atoms with Crippen LogP contribution in [0.25, 0.3) is 0 Å². The second-order valence-electron chi connectivity index (χ2n) is 4.84. The molecule has 1 N–H and O–H groups in total. The zero-order valence-electron chi connectivity index (χ0n) is 11.3. The van der Waals surface area contributed by atoms with Crippen molar-refractivity contribution in [2.75, 3.05) is 11.9 Å². The molecule has 96 valence electrons. The molecule has 0 atom stereocenters. The van der Waals surface area contributed by atoms with Crippen molar-refractivity contribution < 1.29 is 0 Å². The van der Waals surface area contributed by atoms with Crippen LogP contribution in [0.4, 0.5) is 5.82 Å². The molecule has 0 radical (unpaired) electrons. The molecule has 3 nitrogen and oxygen atoms in total. The summed E-state index contributed by atoms with van der Waals surface area (Å²) in [5.41, 5.74) is 0.908. The summed E-state index contributed by atoms with van der Waals surface area (Å²) in [5, 5.41) is 4.05. The van der Waals surface area contributed by atoms with Gasteiger partial charge in [0, 0.05) is 25.7 Å². The number of anilines is 1. The summed E-state index contributed by atoms with van der Waals surface area (Å²) in [6.45, 7) is 9.21. The van der Waals surface area contributed by atoms with Crippen LogP contribution in [0.1, 0.15) is 33.4 Å². The van der Waals surface area contributed by atoms with Crippen molar-refractivity contribution in [3.05, 3.63) is 22.8 Å². The lowest BCUT2D eigenvalue weighted by molar-refractivity contribution is 0.581. The second kappa shape index (κ2) is 6.22. The molecule has 0 unspecified atom stereocenters. The van der Waals surface area contributed by atoms with E-state index in [4.69, 9.17) is 11.6 Å². The Morgan fingerprint density at radius 3 is 2.47 bits per heavy atom. The van der Waals surface area contributed by atoms with E-state index in [0.29, 0.717) is 18.6 Å². The summed E-state index contributed by atoms with van der Waals surface area (Å²) >= 11 is 6.14. The minimum atomic E-state index is 0.426. The Bertz CT molecular complexity index is 364. The average molecular weight is 256 g/mol. The standard InChI is InChI=1S/C13H22ClN3/c1-9(2)15-8-12-11(14)6-7-13(16-12)17(5)10(3)4/h6-7,9-10,15H,8H2,1-5H3. The Morgan fingerprint density at radius 2 is 1.94 bits per heavy atom. The molecule has 1 heterocycles. The predicted molar refractivity (Wildman–Crippen MR) is 74.8 cm³/mol. The number of hydrogen-bond acceptors (Lipinski definition) is 3. The van der Waals surface area contributed by atoms with Crippen molar-refractivity contribution in [2.45, 2.75) is 46.3 Å². The third-order valence-electron chi connectivity index (χ3n) is 2.72. The minimum Gasteiger partial charge on any atom is -0.357 e. The van der Waals surface area contributed by atoms with Gasteiger partial charge < -0.3 is 10.2 Å². The van der Waals surface area contributed by atoms with Crippen molar-refractivity contribution >= 4 is 17.4 Å². The molecule has 0 amide bonds. The summed E-state index contributed by atoms with van der Waals surface area (Å²) in [5.74, 6) is 0.963. The first-order chi connectivity index (χ1) is 7.91. The van der Waals surface area contributed by atoms with Crippen molar-refractivity contribution in [3.63, 3.8) is 0 Å². The normalized spacial score (nSPS) is 11.3. The van der Waals surface area contributed by atoms with Gasteiger partial charge in [-0.15, -0.1) is 0 Å². The van der Waals surface area contributed by atoms with Crippen LogP contribution >= 0.6 is 11.6 Å². The van der Waals surface area contributed by atoms with Gasteiger partial charge in [0.2, 0.25) is 0 Å². The van der Waals surface area contributed by atoms with Crippen LogP contribution in [0.15, 0.2) is 12.1 Å². The summed E-state index contributed by atoms with van der Waals surface area (Å²) in [6.07, 6.45) is 0. The van der Waals surface area contributed by atoms with Crippen molar-refractivity contribution in [1.82, 2.24) is 10.3 Å². The topological polar surface area (TPSA) is 28.2 Å². The maximum atomic E-state index is 6.14. The quantitative estimate of drug-likeness (QED) is 0.877. The fraction of sp³-hybridized carbons (Fsp3) is 0.615. The summed E-state index contributed by atoms with van der Waals surface area (Å²) in [6, 6.07) is 4.73. The molecular formula is C13H22ClN3. The monoisotopic (exact) mass is 255 g/mol. The molecule has 0 aliphatic carbocycles. The van der Waals surface area contributed by atoms with Crippen LogP contribution in [0, 0.1) is 0 Å². The van der Waals surface area contributed by atoms with Crippen LogP contribution < -0.4 is 10.2 Å². The maximum Gasteiger partial charge on any atom is 0.128 e. The number of pyridine rings is 1. The largest absolute Gasteiger partial charge is 0.357 e. The lowest BCUT2D eigenvalue weighted by atomic mass is 10.3. The van der Waals surface area contributed by atoms with Crippen molar-refractivity contribution in [3.8, 4) is 0 Å². The fourth-order valence-electron chi connectivity index (χ4n) is 1.36. The van der Waals surface area contributed by atoms with E-state index >= 15 is 0 Å². The number of nitrogens with zero attached hydrogens (tertiary/aromatic N) is 2. The Balaban J connectivity index is 2.86. The third-order valence-corrected chi connectivity index (χ3v) is 3.06. The fourth-order valence-corrected chi connectivity index (χ4v) is 1.53. The van der Waals surface area contributed by atoms with Gasteiger partial charge in [-0.1, -0.05) is 25.4 Å². The van der Waals surface area contributed by atoms with Gasteiger partial charge in [0.05, 0.1) is 10.7 Å². The Labute approximate surface area is 109 Å². The van der Waals surface area contributed by atoms with Gasteiger partial charge in [-0.3, -0.25) is 0 Å². The highest BCUT2D eigenvalue weighted by molar-refractivity contribution is 6.31. The van der Waals surface area contributed by atoms with Gasteiger partial charge in [0.15, 0.2) is 0 Å². The van der Waals surface area contributed by atoms with Gasteiger partial charge in [0.25, 0.3) is 0 Å². The van der Waals surface area contributed by atoms with Gasteiger partial charge in [-0.2, -0.15) is 0 Å². The van der Waals surface area contributed by atoms with E-state index in [1.165, 1.54) is 0 Å². The van der Waals surface area contributed by atoms with E-state index in [1.54, 1.807) is 0 Å². The van der Waals surface area contributed by atoms with Crippen LogP contribution in [-0.4, -0.2) is 24.1 Å². The minimum absolute atomic E-state index is 0.426. The van der Waals surface area contributed by atoms with Gasteiger partial charge in [-0.05, 0) is 26.0 Å². The first-order valence-corrected chi connectivity index (χ1v) is 6.41. The summed E-state index contributed by atoms with van der Waals surface area (Å²) < 4.78 is 0. The Morgan fingerprint density at radius 1 is 1.29 bits per heavy atom. The molecule has 0 saturated carbocycles. The smallest absolute Gasteiger partial charge is 0.128 e. The molecule has 0 fully saturated rings. The Hall–Kier alpha value is -0.800. The third kappa shape index (κ3) is 4.17. The van der Waals surface area contributed by atoms with Crippen molar-refractivity contribution in [1.29, 1.82) is 0 Å². The van der Waals surface area contributed by atoms with Gasteiger partial charge in [0.1, 0.15) is 5.82 Å². The maximum absolute atomic E-state index is 6.14. The molecule has 0 saturated heterocycles. The summed E-state index contributed by atoms with van der Waals surface area (Å²) in [7, 11) is 2.04. The van der Waals surface area contributed by atoms with E-state index in [-0.39, 0.29) is 0 Å². The van der Waals surface area contributed by atoms with Crippen LogP contribution in [0.2, 0.25) is 5.02 Å². The molecule has 0 spiro atoms. The lowest BCUT2D eigenvalue weighted by Crippen LogP contribution is -2.27. The second-order valence-corrected chi connectivity index (χ2v) is 5.25. The van der Waals surface area contributed by atoms with E-state index in [2.05, 4.69) is 42.9 Å². The van der Waals surface area contributed by atoms with E-state index in [0.717, 1.165) is 16.5 Å². The number of aromatic nitrogens is 1. The van der Waals surface area contributed by atoms with E-state index in [9.17, 15) is 0 Å². The van der Waals surface area contributed by atoms with Gasteiger partial charge >= 0.3 is 0 Å². The SMILES string of the molecule is CC(C)NCc1nc(N(C)C(C)C)ccc1Cl. The molecule has 4 heteroatoms. The lowest BCUT2D eigenvalue weighted by Gasteiger charge is -2.23. The number of hydrogen-bond donors (Lipinski definition) is 1. The number of nitrogens with one attached hydrogen (secondary N) is 1. The first kappa shape index (κ1) is 14.3. The highest BCUT2D eigenvalue weighted by atomic mass is 35.5. The molecule has 1 aromatic rings. The van der Waals surface area contributed by atoms with Gasteiger partial charge in [-0.25, -0.2) is 4.98 Å². The zero-order valence-corrected chi connectivity index (χ0v) is 12.0.